The number of nitrogens with zero attached hydrogens (tertiary/aromatic N) is 4. The van der Waals surface area contributed by atoms with Crippen molar-refractivity contribution in [3.63, 3.8) is 0 Å². The summed E-state index contributed by atoms with van der Waals surface area (Å²) in [5, 5.41) is 21.8. The number of rotatable bonds is 4. The van der Waals surface area contributed by atoms with Crippen molar-refractivity contribution < 1.29 is 19.7 Å². The number of esters is 1. The minimum absolute atomic E-state index is 0.0598. The number of benzene rings is 1. The van der Waals surface area contributed by atoms with Gasteiger partial charge in [0.25, 0.3) is 11.1 Å². The van der Waals surface area contributed by atoms with Gasteiger partial charge in [-0.2, -0.15) is 0 Å². The molecule has 0 saturated carbocycles. The highest BCUT2D eigenvalue weighted by Gasteiger charge is 2.32. The third-order valence-corrected chi connectivity index (χ3v) is 6.67. The Morgan fingerprint density at radius 2 is 1.21 bits per heavy atom. The van der Waals surface area contributed by atoms with Gasteiger partial charge in [-0.05, 0) is 42.1 Å². The summed E-state index contributed by atoms with van der Waals surface area (Å²) in [5.41, 5.74) is -1.05. The fourth-order valence-corrected chi connectivity index (χ4v) is 3.97. The molecule has 2 aromatic heterocycles. The van der Waals surface area contributed by atoms with Gasteiger partial charge in [0.2, 0.25) is 11.8 Å². The number of ether oxygens (including phenoxy) is 1. The van der Waals surface area contributed by atoms with Gasteiger partial charge in [-0.1, -0.05) is 12.1 Å². The molecule has 0 bridgehead atoms. The summed E-state index contributed by atoms with van der Waals surface area (Å²) in [7, 11) is 7.07. The van der Waals surface area contributed by atoms with E-state index >= 15 is 0 Å². The Balaban J connectivity index is 2.51. The predicted molar refractivity (Wildman–Crippen MR) is 125 cm³/mol. The number of aromatic hydroxyl groups is 2. The molecule has 2 heterocycles. The second-order valence-electron chi connectivity index (χ2n) is 7.43. The van der Waals surface area contributed by atoms with Crippen LogP contribution in [-0.4, -0.2) is 41.6 Å². The molecule has 0 aliphatic carbocycles. The SMILES string of the molecule is COC(=O)c1ccc(C(c2c(O)n(C)c(=S)n(C)c2=O)c2c(O)n(C)c(=S)n(C)c2=O)cc1. The van der Waals surface area contributed by atoms with E-state index in [1.54, 1.807) is 0 Å². The zero-order valence-electron chi connectivity index (χ0n) is 18.5. The van der Waals surface area contributed by atoms with E-state index in [0.717, 1.165) is 9.13 Å². The van der Waals surface area contributed by atoms with Crippen molar-refractivity contribution in [2.24, 2.45) is 28.2 Å². The molecule has 174 valence electrons. The average Bonchev–Trinajstić information content (AvgIpc) is 2.82. The molecule has 0 saturated heterocycles. The average molecular weight is 491 g/mol. The molecular weight excluding hydrogens is 468 g/mol. The van der Waals surface area contributed by atoms with E-state index in [1.807, 2.05) is 0 Å². The largest absolute Gasteiger partial charge is 0.494 e. The van der Waals surface area contributed by atoms with E-state index in [2.05, 4.69) is 0 Å². The summed E-state index contributed by atoms with van der Waals surface area (Å²) in [6, 6.07) is 5.94. The molecule has 0 spiro atoms. The number of carbonyl (C=O) groups is 1. The fourth-order valence-electron chi connectivity index (χ4n) is 3.63. The lowest BCUT2D eigenvalue weighted by Gasteiger charge is -2.23. The van der Waals surface area contributed by atoms with E-state index in [1.165, 1.54) is 68.7 Å². The first-order chi connectivity index (χ1) is 15.4. The molecule has 0 aliphatic rings. The van der Waals surface area contributed by atoms with Crippen molar-refractivity contribution in [3.8, 4) is 11.8 Å². The summed E-state index contributed by atoms with van der Waals surface area (Å²) in [6.45, 7) is 0. The molecule has 0 unspecified atom stereocenters. The van der Waals surface area contributed by atoms with Gasteiger partial charge in [0.05, 0.1) is 29.7 Å². The van der Waals surface area contributed by atoms with Crippen LogP contribution in [0.15, 0.2) is 33.9 Å². The molecule has 3 aromatic rings. The molecule has 3 rings (SSSR count). The van der Waals surface area contributed by atoms with Crippen molar-refractivity contribution in [2.45, 2.75) is 5.92 Å². The summed E-state index contributed by atoms with van der Waals surface area (Å²) < 4.78 is 9.60. The third-order valence-electron chi connectivity index (χ3n) is 5.58. The standard InChI is InChI=1S/C21H22N4O6S2/c1-22-15(26)13(16(27)23(2)20(22)32)12(10-6-8-11(9-7-10)19(30)31-5)14-17(28)24(3)21(33)25(4)18(14)29/h6-9,12,26,28H,1-5H3. The lowest BCUT2D eigenvalue weighted by molar-refractivity contribution is 0.0600. The van der Waals surface area contributed by atoms with Crippen LogP contribution >= 0.6 is 24.4 Å². The predicted octanol–water partition coefficient (Wildman–Crippen LogP) is 1.60. The monoisotopic (exact) mass is 490 g/mol. The van der Waals surface area contributed by atoms with E-state index in [4.69, 9.17) is 29.2 Å². The lowest BCUT2D eigenvalue weighted by Crippen LogP contribution is -2.33. The molecule has 10 nitrogen and oxygen atoms in total. The first kappa shape index (κ1) is 24.1. The summed E-state index contributed by atoms with van der Waals surface area (Å²) in [6.07, 6.45) is 0. The van der Waals surface area contributed by atoms with Crippen LogP contribution in [-0.2, 0) is 32.9 Å². The number of methoxy groups -OCH3 is 1. The van der Waals surface area contributed by atoms with Gasteiger partial charge < -0.3 is 14.9 Å². The highest BCUT2D eigenvalue weighted by molar-refractivity contribution is 7.71. The van der Waals surface area contributed by atoms with Gasteiger partial charge in [0.1, 0.15) is 0 Å². The fraction of sp³-hybridized carbons (Fsp3) is 0.286. The van der Waals surface area contributed by atoms with Crippen molar-refractivity contribution in [2.75, 3.05) is 7.11 Å². The molecule has 33 heavy (non-hydrogen) atoms. The Bertz CT molecular complexity index is 1430. The van der Waals surface area contributed by atoms with E-state index in [9.17, 15) is 24.6 Å². The van der Waals surface area contributed by atoms with Crippen molar-refractivity contribution in [1.82, 2.24) is 18.3 Å². The van der Waals surface area contributed by atoms with Crippen LogP contribution in [0.1, 0.15) is 33.0 Å². The van der Waals surface area contributed by atoms with E-state index < -0.39 is 34.8 Å². The first-order valence-electron chi connectivity index (χ1n) is 9.60. The second kappa shape index (κ2) is 8.79. The summed E-state index contributed by atoms with van der Waals surface area (Å²) in [5.74, 6) is -2.70. The number of aromatic nitrogens is 4. The van der Waals surface area contributed by atoms with Crippen LogP contribution in [0.3, 0.4) is 0 Å². The molecule has 2 N–H and O–H groups in total. The second-order valence-corrected chi connectivity index (χ2v) is 8.16. The Hall–Kier alpha value is -3.51. The van der Waals surface area contributed by atoms with Crippen LogP contribution in [0.2, 0.25) is 0 Å². The summed E-state index contributed by atoms with van der Waals surface area (Å²) in [4.78, 5) is 38.4. The van der Waals surface area contributed by atoms with Gasteiger partial charge >= 0.3 is 5.97 Å². The lowest BCUT2D eigenvalue weighted by atomic mass is 9.86. The van der Waals surface area contributed by atoms with Crippen LogP contribution in [0.5, 0.6) is 11.8 Å². The molecule has 0 amide bonds. The zero-order valence-corrected chi connectivity index (χ0v) is 20.2. The molecule has 0 fully saturated rings. The quantitative estimate of drug-likeness (QED) is 0.418. The van der Waals surface area contributed by atoms with Gasteiger partial charge in [-0.3, -0.25) is 27.9 Å². The van der Waals surface area contributed by atoms with Crippen LogP contribution in [0.4, 0.5) is 0 Å². The minimum Gasteiger partial charge on any atom is -0.494 e. The number of hydrogen-bond acceptors (Lipinski definition) is 8. The highest BCUT2D eigenvalue weighted by Crippen LogP contribution is 2.36. The zero-order chi connectivity index (χ0) is 24.8. The Kier molecular flexibility index (Phi) is 6.43. The topological polar surface area (TPSA) is 121 Å². The van der Waals surface area contributed by atoms with Crippen molar-refractivity contribution >= 4 is 30.4 Å². The van der Waals surface area contributed by atoms with Gasteiger partial charge in [0.15, 0.2) is 9.54 Å². The van der Waals surface area contributed by atoms with Crippen molar-refractivity contribution in [3.05, 3.63) is 76.8 Å². The first-order valence-corrected chi connectivity index (χ1v) is 10.4. The normalized spacial score (nSPS) is 11.1. The number of carbonyl (C=O) groups excluding carboxylic acids is 1. The highest BCUT2D eigenvalue weighted by atomic mass is 32.1. The molecule has 12 heteroatoms. The third kappa shape index (κ3) is 3.80. The van der Waals surface area contributed by atoms with Gasteiger partial charge in [-0.15, -0.1) is 0 Å². The van der Waals surface area contributed by atoms with Crippen LogP contribution in [0.25, 0.3) is 0 Å². The molecule has 0 aliphatic heterocycles. The maximum absolute atomic E-state index is 13.3. The Labute approximate surface area is 198 Å². The van der Waals surface area contributed by atoms with Gasteiger partial charge in [0, 0.05) is 28.2 Å². The van der Waals surface area contributed by atoms with Crippen LogP contribution in [0, 0.1) is 9.54 Å². The Morgan fingerprint density at radius 3 is 1.58 bits per heavy atom. The Morgan fingerprint density at radius 1 is 0.818 bits per heavy atom. The minimum atomic E-state index is -1.21. The maximum Gasteiger partial charge on any atom is 0.337 e. The molecule has 0 radical (unpaired) electrons. The summed E-state index contributed by atoms with van der Waals surface area (Å²) >= 11 is 10.4. The smallest absolute Gasteiger partial charge is 0.337 e. The van der Waals surface area contributed by atoms with Gasteiger partial charge in [-0.25, -0.2) is 4.79 Å². The maximum atomic E-state index is 13.3. The number of hydrogen-bond donors (Lipinski definition) is 2. The van der Waals surface area contributed by atoms with Crippen molar-refractivity contribution in [1.29, 1.82) is 0 Å². The van der Waals surface area contributed by atoms with E-state index in [-0.39, 0.29) is 26.2 Å². The van der Waals surface area contributed by atoms with Crippen LogP contribution < -0.4 is 11.1 Å². The molecule has 0 atom stereocenters. The molecular formula is C21H22N4O6S2. The van der Waals surface area contributed by atoms with E-state index in [0.29, 0.717) is 5.56 Å². The molecule has 1 aromatic carbocycles.